The molecule has 0 amide bonds. The van der Waals surface area contributed by atoms with E-state index in [-0.39, 0.29) is 11.5 Å². The number of allylic oxidation sites excluding steroid dienone is 1. The van der Waals surface area contributed by atoms with Crippen LogP contribution in [0.15, 0.2) is 60.9 Å². The highest BCUT2D eigenvalue weighted by atomic mass is 16.6. The molecule has 25 heavy (non-hydrogen) atoms. The Labute approximate surface area is 144 Å². The number of aryl methyl sites for hydroxylation is 1. The molecule has 0 radical (unpaired) electrons. The van der Waals surface area contributed by atoms with Gasteiger partial charge >= 0.3 is 0 Å². The Hall–Kier alpha value is -3.48. The first-order chi connectivity index (χ1) is 12.1. The molecule has 0 atom stereocenters. The van der Waals surface area contributed by atoms with E-state index in [4.69, 9.17) is 0 Å². The fourth-order valence-corrected chi connectivity index (χ4v) is 2.56. The normalized spacial score (nSPS) is 11.1. The van der Waals surface area contributed by atoms with E-state index in [1.807, 2.05) is 19.1 Å². The Kier molecular flexibility index (Phi) is 4.56. The third-order valence-corrected chi connectivity index (χ3v) is 3.77. The highest BCUT2D eigenvalue weighted by Gasteiger charge is 2.10. The number of nitro benzene ring substituents is 1. The van der Waals surface area contributed by atoms with E-state index in [0.29, 0.717) is 17.9 Å². The second-order valence-electron chi connectivity index (χ2n) is 5.31. The number of nitrogens with zero attached hydrogens (tertiary/aromatic N) is 4. The molecule has 3 rings (SSSR count). The van der Waals surface area contributed by atoms with Crippen molar-refractivity contribution in [2.75, 3.05) is 0 Å². The number of benzene rings is 1. The van der Waals surface area contributed by atoms with Crippen LogP contribution < -0.4 is 0 Å². The molecule has 0 bridgehead atoms. The van der Waals surface area contributed by atoms with Crippen LogP contribution in [0.25, 0.3) is 11.8 Å². The van der Waals surface area contributed by atoms with Crippen LogP contribution in [0.5, 0.6) is 0 Å². The van der Waals surface area contributed by atoms with Crippen molar-refractivity contribution in [2.24, 2.45) is 0 Å². The van der Waals surface area contributed by atoms with Crippen molar-refractivity contribution in [1.82, 2.24) is 14.3 Å². The first kappa shape index (κ1) is 16.4. The first-order valence-corrected chi connectivity index (χ1v) is 7.76. The zero-order chi connectivity index (χ0) is 17.8. The summed E-state index contributed by atoms with van der Waals surface area (Å²) in [4.78, 5) is 22.8. The summed E-state index contributed by atoms with van der Waals surface area (Å²) in [5, 5.41) is 15.0. The number of aromatic nitrogens is 3. The Morgan fingerprint density at radius 2 is 2.12 bits per heavy atom. The summed E-state index contributed by atoms with van der Waals surface area (Å²) in [6.07, 6.45) is 6.55. The smallest absolute Gasteiger partial charge is 0.271 e. The highest BCUT2D eigenvalue weighted by Crippen LogP contribution is 2.19. The van der Waals surface area contributed by atoms with E-state index in [1.165, 1.54) is 18.2 Å². The number of carbonyl (C=O) groups is 1. The monoisotopic (exact) mass is 336 g/mol. The number of nitro groups is 1. The SMILES string of the molecule is CCn1nccc1C(=O)/C=C/c1cccn1-c1cccc([N+](=O)[O-])c1. The van der Waals surface area contributed by atoms with Gasteiger partial charge in [-0.1, -0.05) is 6.07 Å². The molecular formula is C18H16N4O3. The minimum atomic E-state index is -0.433. The van der Waals surface area contributed by atoms with Crippen LogP contribution in [0.3, 0.4) is 0 Å². The zero-order valence-corrected chi connectivity index (χ0v) is 13.6. The van der Waals surface area contributed by atoms with Gasteiger partial charge in [0.15, 0.2) is 0 Å². The second kappa shape index (κ2) is 6.96. The van der Waals surface area contributed by atoms with E-state index in [2.05, 4.69) is 5.10 Å². The Morgan fingerprint density at radius 3 is 2.88 bits per heavy atom. The molecular weight excluding hydrogens is 320 g/mol. The average Bonchev–Trinajstić information content (AvgIpc) is 3.28. The van der Waals surface area contributed by atoms with Gasteiger partial charge in [0.05, 0.1) is 10.6 Å². The number of ketones is 1. The van der Waals surface area contributed by atoms with Crippen LogP contribution in [-0.4, -0.2) is 25.1 Å². The molecule has 3 aromatic rings. The molecule has 0 aliphatic heterocycles. The molecule has 0 N–H and O–H groups in total. The van der Waals surface area contributed by atoms with Gasteiger partial charge in [-0.3, -0.25) is 19.6 Å². The van der Waals surface area contributed by atoms with Crippen LogP contribution >= 0.6 is 0 Å². The van der Waals surface area contributed by atoms with Crippen LogP contribution in [0.2, 0.25) is 0 Å². The summed E-state index contributed by atoms with van der Waals surface area (Å²) >= 11 is 0. The molecule has 0 aliphatic carbocycles. The predicted octanol–water partition coefficient (Wildman–Crippen LogP) is 3.50. The lowest BCUT2D eigenvalue weighted by Gasteiger charge is -2.06. The summed E-state index contributed by atoms with van der Waals surface area (Å²) in [7, 11) is 0. The first-order valence-electron chi connectivity index (χ1n) is 7.76. The van der Waals surface area contributed by atoms with E-state index < -0.39 is 4.92 Å². The molecule has 7 heteroatoms. The maximum atomic E-state index is 12.3. The van der Waals surface area contributed by atoms with Crippen LogP contribution in [0.4, 0.5) is 5.69 Å². The standard InChI is InChI=1S/C18H16N4O3/c1-2-21-17(10-11-19-21)18(23)9-8-14-7-4-12-20(14)15-5-3-6-16(13-15)22(24)25/h3-13H,2H2,1H3/b9-8+. The Bertz CT molecular complexity index is 953. The number of carbonyl (C=O) groups excluding carboxylic acids is 1. The van der Waals surface area contributed by atoms with Crippen molar-refractivity contribution in [2.45, 2.75) is 13.5 Å². The molecule has 0 fully saturated rings. The largest absolute Gasteiger partial charge is 0.317 e. The molecule has 7 nitrogen and oxygen atoms in total. The minimum absolute atomic E-state index is 0.0176. The lowest BCUT2D eigenvalue weighted by atomic mass is 10.2. The number of hydrogen-bond donors (Lipinski definition) is 0. The minimum Gasteiger partial charge on any atom is -0.317 e. The summed E-state index contributed by atoms with van der Waals surface area (Å²) in [6, 6.07) is 11.7. The van der Waals surface area contributed by atoms with E-state index in [0.717, 1.165) is 5.69 Å². The lowest BCUT2D eigenvalue weighted by molar-refractivity contribution is -0.384. The van der Waals surface area contributed by atoms with Gasteiger partial charge in [-0.05, 0) is 43.3 Å². The number of rotatable bonds is 6. The fourth-order valence-electron chi connectivity index (χ4n) is 2.56. The third-order valence-electron chi connectivity index (χ3n) is 3.77. The zero-order valence-electron chi connectivity index (χ0n) is 13.6. The molecule has 1 aromatic carbocycles. The summed E-state index contributed by atoms with van der Waals surface area (Å²) < 4.78 is 3.42. The molecule has 0 spiro atoms. The van der Waals surface area contributed by atoms with Crippen molar-refractivity contribution in [3.8, 4) is 5.69 Å². The fraction of sp³-hybridized carbons (Fsp3) is 0.111. The molecule has 0 saturated carbocycles. The Morgan fingerprint density at radius 1 is 1.28 bits per heavy atom. The van der Waals surface area contributed by atoms with E-state index in [9.17, 15) is 14.9 Å². The lowest BCUT2D eigenvalue weighted by Crippen LogP contribution is -2.07. The van der Waals surface area contributed by atoms with Crippen LogP contribution in [0.1, 0.15) is 23.1 Å². The average molecular weight is 336 g/mol. The second-order valence-corrected chi connectivity index (χ2v) is 5.31. The molecule has 0 aliphatic rings. The highest BCUT2D eigenvalue weighted by molar-refractivity contribution is 6.05. The van der Waals surface area contributed by atoms with Crippen molar-refractivity contribution < 1.29 is 9.72 Å². The number of hydrogen-bond acceptors (Lipinski definition) is 4. The van der Waals surface area contributed by atoms with Crippen molar-refractivity contribution in [1.29, 1.82) is 0 Å². The predicted molar refractivity (Wildman–Crippen MR) is 93.7 cm³/mol. The molecule has 0 unspecified atom stereocenters. The van der Waals surface area contributed by atoms with Crippen LogP contribution in [-0.2, 0) is 6.54 Å². The molecule has 0 saturated heterocycles. The maximum Gasteiger partial charge on any atom is 0.271 e. The maximum absolute atomic E-state index is 12.3. The Balaban J connectivity index is 1.88. The number of non-ortho nitro benzene ring substituents is 1. The van der Waals surface area contributed by atoms with Gasteiger partial charge in [0.2, 0.25) is 5.78 Å². The topological polar surface area (TPSA) is 83.0 Å². The van der Waals surface area contributed by atoms with Crippen molar-refractivity contribution >= 4 is 17.5 Å². The van der Waals surface area contributed by atoms with Crippen molar-refractivity contribution in [3.05, 3.63) is 82.4 Å². The van der Waals surface area contributed by atoms with Gasteiger partial charge in [0, 0.05) is 36.8 Å². The van der Waals surface area contributed by atoms with Crippen molar-refractivity contribution in [3.63, 3.8) is 0 Å². The molecule has 2 aromatic heterocycles. The molecule has 126 valence electrons. The molecule has 2 heterocycles. The van der Waals surface area contributed by atoms with Gasteiger partial charge in [-0.25, -0.2) is 0 Å². The van der Waals surface area contributed by atoms with Gasteiger partial charge in [-0.2, -0.15) is 5.10 Å². The van der Waals surface area contributed by atoms with Gasteiger partial charge in [0.1, 0.15) is 5.69 Å². The van der Waals surface area contributed by atoms with Gasteiger partial charge < -0.3 is 4.57 Å². The quantitative estimate of drug-likeness (QED) is 0.298. The summed E-state index contributed by atoms with van der Waals surface area (Å²) in [6.45, 7) is 2.53. The summed E-state index contributed by atoms with van der Waals surface area (Å²) in [5.74, 6) is -0.147. The summed E-state index contributed by atoms with van der Waals surface area (Å²) in [5.41, 5.74) is 1.94. The third kappa shape index (κ3) is 3.40. The van der Waals surface area contributed by atoms with Gasteiger partial charge in [0.25, 0.3) is 5.69 Å². The van der Waals surface area contributed by atoms with Gasteiger partial charge in [-0.15, -0.1) is 0 Å². The van der Waals surface area contributed by atoms with E-state index in [1.54, 1.807) is 45.9 Å². The van der Waals surface area contributed by atoms with Crippen LogP contribution in [0, 0.1) is 10.1 Å². The van der Waals surface area contributed by atoms with E-state index >= 15 is 0 Å².